The van der Waals surface area contributed by atoms with Crippen LogP contribution < -0.4 is 16.0 Å². The van der Waals surface area contributed by atoms with Crippen molar-refractivity contribution in [3.05, 3.63) is 94.0 Å². The molecule has 0 aromatic heterocycles. The van der Waals surface area contributed by atoms with Crippen molar-refractivity contribution in [1.82, 2.24) is 10.6 Å². The molecule has 3 aromatic carbocycles. The molecular weight excluding hydrogens is 465 g/mol. The first kappa shape index (κ1) is 24.9. The number of anilines is 1. The molecule has 184 valence electrons. The van der Waals surface area contributed by atoms with Gasteiger partial charge in [0.15, 0.2) is 9.84 Å². The summed E-state index contributed by atoms with van der Waals surface area (Å²) >= 11 is 0. The Labute approximate surface area is 205 Å². The average molecular weight is 496 g/mol. The smallest absolute Gasteiger partial charge is 0.319 e. The minimum atomic E-state index is -3.53. The maximum Gasteiger partial charge on any atom is 0.319 e. The molecule has 0 aliphatic carbocycles. The summed E-state index contributed by atoms with van der Waals surface area (Å²) in [4.78, 5) is 12.7. The molecule has 1 heterocycles. The van der Waals surface area contributed by atoms with Crippen LogP contribution in [-0.2, 0) is 28.7 Å². The molecule has 8 heteroatoms. The molecule has 2 atom stereocenters. The number of benzene rings is 3. The summed E-state index contributed by atoms with van der Waals surface area (Å²) in [6.45, 7) is 6.73. The van der Waals surface area contributed by atoms with E-state index in [0.29, 0.717) is 11.3 Å². The quantitative estimate of drug-likeness (QED) is 0.405. The third kappa shape index (κ3) is 5.89. The van der Waals surface area contributed by atoms with Gasteiger partial charge in [0.25, 0.3) is 0 Å². The summed E-state index contributed by atoms with van der Waals surface area (Å²) in [6.07, 6.45) is -1.09. The van der Waals surface area contributed by atoms with Gasteiger partial charge in [-0.15, -0.1) is 0 Å². The number of nitrogens with one attached hydrogen (secondary N) is 3. The van der Waals surface area contributed by atoms with E-state index in [9.17, 15) is 17.6 Å². The summed E-state index contributed by atoms with van der Waals surface area (Å²) in [7, 11) is -3.53. The normalized spacial score (nSPS) is 14.7. The Morgan fingerprint density at radius 2 is 1.71 bits per heavy atom. The number of halogens is 1. The average Bonchev–Trinajstić information content (AvgIpc) is 3.27. The molecule has 2 unspecified atom stereocenters. The molecule has 6 nitrogen and oxygen atoms in total. The van der Waals surface area contributed by atoms with Gasteiger partial charge in [0, 0.05) is 18.8 Å². The van der Waals surface area contributed by atoms with Crippen LogP contribution in [0.25, 0.3) is 0 Å². The van der Waals surface area contributed by atoms with Crippen molar-refractivity contribution in [2.24, 2.45) is 0 Å². The third-order valence-corrected chi connectivity index (χ3v) is 8.01. The second-order valence-electron chi connectivity index (χ2n) is 9.04. The number of amides is 2. The lowest BCUT2D eigenvalue weighted by Crippen LogP contribution is -2.31. The van der Waals surface area contributed by atoms with Gasteiger partial charge in [-0.3, -0.25) is 0 Å². The predicted molar refractivity (Wildman–Crippen MR) is 136 cm³/mol. The highest BCUT2D eigenvalue weighted by molar-refractivity contribution is 7.90. The van der Waals surface area contributed by atoms with Crippen LogP contribution in [0, 0.1) is 6.92 Å². The van der Waals surface area contributed by atoms with E-state index in [4.69, 9.17) is 0 Å². The van der Waals surface area contributed by atoms with Crippen LogP contribution in [-0.4, -0.2) is 14.4 Å². The van der Waals surface area contributed by atoms with Crippen molar-refractivity contribution in [1.29, 1.82) is 0 Å². The van der Waals surface area contributed by atoms with Gasteiger partial charge < -0.3 is 16.0 Å². The van der Waals surface area contributed by atoms with Crippen LogP contribution in [0.15, 0.2) is 65.6 Å². The van der Waals surface area contributed by atoms with E-state index in [1.807, 2.05) is 44.2 Å². The first-order valence-electron chi connectivity index (χ1n) is 11.6. The largest absolute Gasteiger partial charge is 0.331 e. The lowest BCUT2D eigenvalue weighted by molar-refractivity contribution is 0.249. The molecule has 1 aliphatic rings. The lowest BCUT2D eigenvalue weighted by atomic mass is 9.99. The molecule has 0 spiro atoms. The van der Waals surface area contributed by atoms with Crippen molar-refractivity contribution in [2.75, 3.05) is 5.32 Å². The van der Waals surface area contributed by atoms with Crippen molar-refractivity contribution < 1.29 is 17.6 Å². The standard InChI is InChI=1S/C27H30FN3O3S/c1-17-4-6-21(13-26(17)18(2)28)19(3)30-27(32)31-24-8-10-25(11-9-24)35(33,34)16-20-5-7-22-14-29-15-23(22)12-20/h4-13,18-19,29H,14-16H2,1-3H3,(H2,30,31,32). The van der Waals surface area contributed by atoms with E-state index >= 15 is 0 Å². The van der Waals surface area contributed by atoms with Gasteiger partial charge in [-0.2, -0.15) is 0 Å². The number of hydrogen-bond acceptors (Lipinski definition) is 4. The fourth-order valence-corrected chi connectivity index (χ4v) is 5.63. The Morgan fingerprint density at radius 1 is 1.00 bits per heavy atom. The predicted octanol–water partition coefficient (Wildman–Crippen LogP) is 5.49. The van der Waals surface area contributed by atoms with Gasteiger partial charge in [-0.05, 0) is 78.4 Å². The number of aryl methyl sites for hydroxylation is 1. The van der Waals surface area contributed by atoms with Crippen LogP contribution in [0.1, 0.15) is 59.4 Å². The fourth-order valence-electron chi connectivity index (χ4n) is 4.29. The van der Waals surface area contributed by atoms with Crippen LogP contribution in [0.5, 0.6) is 0 Å². The highest BCUT2D eigenvalue weighted by atomic mass is 32.2. The zero-order chi connectivity index (χ0) is 25.2. The van der Waals surface area contributed by atoms with Crippen molar-refractivity contribution >= 4 is 21.6 Å². The maximum absolute atomic E-state index is 13.8. The van der Waals surface area contributed by atoms with Gasteiger partial charge in [-0.1, -0.05) is 36.4 Å². The number of fused-ring (bicyclic) bond motifs is 1. The molecule has 2 amide bonds. The molecule has 35 heavy (non-hydrogen) atoms. The van der Waals surface area contributed by atoms with E-state index in [0.717, 1.165) is 35.3 Å². The third-order valence-electron chi connectivity index (χ3n) is 6.31. The molecule has 4 rings (SSSR count). The number of urea groups is 1. The topological polar surface area (TPSA) is 87.3 Å². The van der Waals surface area contributed by atoms with E-state index in [2.05, 4.69) is 16.0 Å². The SMILES string of the molecule is Cc1ccc(C(C)NC(=O)Nc2ccc(S(=O)(=O)Cc3ccc4c(c3)CNC4)cc2)cc1C(C)F. The molecule has 0 saturated carbocycles. The van der Waals surface area contributed by atoms with Gasteiger partial charge in [0.1, 0.15) is 6.17 Å². The Morgan fingerprint density at radius 3 is 2.43 bits per heavy atom. The first-order valence-corrected chi connectivity index (χ1v) is 13.2. The van der Waals surface area contributed by atoms with Crippen LogP contribution in [0.2, 0.25) is 0 Å². The Bertz CT molecular complexity index is 1340. The molecule has 0 bridgehead atoms. The Balaban J connectivity index is 1.38. The Hall–Kier alpha value is -3.23. The first-order chi connectivity index (χ1) is 16.6. The summed E-state index contributed by atoms with van der Waals surface area (Å²) in [5.74, 6) is -0.0823. The molecular formula is C27H30FN3O3S. The zero-order valence-electron chi connectivity index (χ0n) is 20.1. The van der Waals surface area contributed by atoms with Crippen LogP contribution in [0.3, 0.4) is 0 Å². The minimum Gasteiger partial charge on any atom is -0.331 e. The molecule has 3 aromatic rings. The molecule has 0 fully saturated rings. The summed E-state index contributed by atoms with van der Waals surface area (Å²) in [5, 5.41) is 8.81. The van der Waals surface area contributed by atoms with Crippen molar-refractivity contribution in [3.8, 4) is 0 Å². The summed E-state index contributed by atoms with van der Waals surface area (Å²) < 4.78 is 39.6. The maximum atomic E-state index is 13.8. The minimum absolute atomic E-state index is 0.0823. The number of alkyl halides is 1. The van der Waals surface area contributed by atoms with E-state index < -0.39 is 22.0 Å². The zero-order valence-corrected chi connectivity index (χ0v) is 20.9. The number of sulfone groups is 1. The fraction of sp³-hybridized carbons (Fsp3) is 0.296. The summed E-state index contributed by atoms with van der Waals surface area (Å²) in [5.41, 5.74) is 5.83. The number of carbonyl (C=O) groups is 1. The van der Waals surface area contributed by atoms with Crippen LogP contribution in [0.4, 0.5) is 14.9 Å². The molecule has 0 saturated heterocycles. The number of carbonyl (C=O) groups excluding carboxylic acids is 1. The monoisotopic (exact) mass is 495 g/mol. The summed E-state index contributed by atoms with van der Waals surface area (Å²) in [6, 6.07) is 16.6. The van der Waals surface area contributed by atoms with E-state index in [-0.39, 0.29) is 16.7 Å². The number of hydrogen-bond donors (Lipinski definition) is 3. The highest BCUT2D eigenvalue weighted by Gasteiger charge is 2.18. The molecule has 1 aliphatic heterocycles. The lowest BCUT2D eigenvalue weighted by Gasteiger charge is -2.17. The van der Waals surface area contributed by atoms with E-state index in [1.54, 1.807) is 18.2 Å². The van der Waals surface area contributed by atoms with E-state index in [1.165, 1.54) is 24.6 Å². The number of rotatable bonds is 7. The molecule has 0 radical (unpaired) electrons. The Kier molecular flexibility index (Phi) is 7.23. The van der Waals surface area contributed by atoms with Crippen molar-refractivity contribution in [2.45, 2.75) is 56.7 Å². The van der Waals surface area contributed by atoms with Crippen molar-refractivity contribution in [3.63, 3.8) is 0 Å². The van der Waals surface area contributed by atoms with Gasteiger partial charge in [0.2, 0.25) is 0 Å². The van der Waals surface area contributed by atoms with Crippen LogP contribution >= 0.6 is 0 Å². The second kappa shape index (κ2) is 10.2. The highest BCUT2D eigenvalue weighted by Crippen LogP contribution is 2.25. The van der Waals surface area contributed by atoms with Gasteiger partial charge in [0.05, 0.1) is 16.7 Å². The van der Waals surface area contributed by atoms with Gasteiger partial charge in [-0.25, -0.2) is 17.6 Å². The molecule has 3 N–H and O–H groups in total. The second-order valence-corrected chi connectivity index (χ2v) is 11.0. The van der Waals surface area contributed by atoms with Gasteiger partial charge >= 0.3 is 6.03 Å².